The first kappa shape index (κ1) is 14.4. The third-order valence-corrected chi connectivity index (χ3v) is 3.39. The fourth-order valence-electron chi connectivity index (χ4n) is 1.74. The van der Waals surface area contributed by atoms with E-state index in [9.17, 15) is 4.79 Å². The molecule has 0 aliphatic heterocycles. The minimum Gasteiger partial charge on any atom is -0.311 e. The van der Waals surface area contributed by atoms with Crippen molar-refractivity contribution in [1.82, 2.24) is 0 Å². The molecule has 0 aliphatic rings. The van der Waals surface area contributed by atoms with E-state index >= 15 is 0 Å². The largest absolute Gasteiger partial charge is 0.311 e. The maximum Gasteiger partial charge on any atom is 0.259 e. The van der Waals surface area contributed by atoms with E-state index in [4.69, 9.17) is 28.5 Å². The van der Waals surface area contributed by atoms with Gasteiger partial charge in [0.2, 0.25) is 0 Å². The molecule has 0 fully saturated rings. The van der Waals surface area contributed by atoms with Gasteiger partial charge in [-0.1, -0.05) is 29.3 Å². The van der Waals surface area contributed by atoms with E-state index in [2.05, 4.69) is 0 Å². The van der Waals surface area contributed by atoms with Gasteiger partial charge in [-0.25, -0.2) is 0 Å². The zero-order valence-corrected chi connectivity index (χ0v) is 12.1. The van der Waals surface area contributed by atoms with Crippen molar-refractivity contribution in [3.63, 3.8) is 0 Å². The molecule has 0 aliphatic carbocycles. The summed E-state index contributed by atoms with van der Waals surface area (Å²) in [7, 11) is 1.62. The van der Waals surface area contributed by atoms with Crippen LogP contribution in [0.15, 0.2) is 42.5 Å². The number of anilines is 1. The van der Waals surface area contributed by atoms with Crippen molar-refractivity contribution in [3.05, 3.63) is 63.6 Å². The van der Waals surface area contributed by atoms with Crippen LogP contribution in [0.5, 0.6) is 0 Å². The Bertz CT molecular complexity index is 707. The average molecular weight is 305 g/mol. The third kappa shape index (κ3) is 2.93. The van der Waals surface area contributed by atoms with Crippen LogP contribution >= 0.6 is 23.2 Å². The van der Waals surface area contributed by atoms with Crippen LogP contribution in [0.1, 0.15) is 15.9 Å². The fourth-order valence-corrected chi connectivity index (χ4v) is 2.11. The van der Waals surface area contributed by atoms with Crippen LogP contribution in [0.2, 0.25) is 10.0 Å². The summed E-state index contributed by atoms with van der Waals surface area (Å²) in [5.74, 6) is -0.285. The molecule has 0 saturated carbocycles. The SMILES string of the molecule is CN(C(=O)c1cc(Cl)ccc1Cl)c1cccc(C#N)c1. The third-order valence-electron chi connectivity index (χ3n) is 2.83. The summed E-state index contributed by atoms with van der Waals surface area (Å²) in [5.41, 5.74) is 1.42. The number of hydrogen-bond acceptors (Lipinski definition) is 2. The van der Waals surface area contributed by atoms with Crippen molar-refractivity contribution in [2.24, 2.45) is 0 Å². The van der Waals surface area contributed by atoms with Crippen molar-refractivity contribution < 1.29 is 4.79 Å². The number of rotatable bonds is 2. The van der Waals surface area contributed by atoms with E-state index in [1.54, 1.807) is 43.4 Å². The highest BCUT2D eigenvalue weighted by Crippen LogP contribution is 2.24. The summed E-state index contributed by atoms with van der Waals surface area (Å²) in [5, 5.41) is 9.67. The predicted molar refractivity (Wildman–Crippen MR) is 80.4 cm³/mol. The second kappa shape index (κ2) is 5.96. The highest BCUT2D eigenvalue weighted by atomic mass is 35.5. The molecule has 100 valence electrons. The molecule has 0 saturated heterocycles. The first-order chi connectivity index (χ1) is 9.52. The Labute approximate surface area is 127 Å². The lowest BCUT2D eigenvalue weighted by Crippen LogP contribution is -2.26. The van der Waals surface area contributed by atoms with Gasteiger partial charge in [-0.15, -0.1) is 0 Å². The van der Waals surface area contributed by atoms with Crippen molar-refractivity contribution in [2.45, 2.75) is 0 Å². The Morgan fingerprint density at radius 1 is 1.20 bits per heavy atom. The second-order valence-electron chi connectivity index (χ2n) is 4.15. The average Bonchev–Trinajstić information content (AvgIpc) is 2.48. The fraction of sp³-hybridized carbons (Fsp3) is 0.0667. The van der Waals surface area contributed by atoms with Gasteiger partial charge in [0.05, 0.1) is 22.2 Å². The maximum absolute atomic E-state index is 12.4. The van der Waals surface area contributed by atoms with Crippen molar-refractivity contribution in [2.75, 3.05) is 11.9 Å². The first-order valence-corrected chi connectivity index (χ1v) is 6.52. The van der Waals surface area contributed by atoms with E-state index in [0.29, 0.717) is 26.9 Å². The quantitative estimate of drug-likeness (QED) is 0.837. The molecular weight excluding hydrogens is 295 g/mol. The van der Waals surface area contributed by atoms with E-state index in [1.807, 2.05) is 6.07 Å². The Kier molecular flexibility index (Phi) is 4.29. The number of carbonyl (C=O) groups is 1. The Morgan fingerprint density at radius 2 is 1.95 bits per heavy atom. The molecule has 0 heterocycles. The van der Waals surface area contributed by atoms with Crippen LogP contribution < -0.4 is 4.90 Å². The van der Waals surface area contributed by atoms with Crippen LogP contribution in [-0.2, 0) is 0 Å². The summed E-state index contributed by atoms with van der Waals surface area (Å²) in [6, 6.07) is 13.5. The van der Waals surface area contributed by atoms with Crippen LogP contribution in [0, 0.1) is 11.3 Å². The number of benzene rings is 2. The molecule has 5 heteroatoms. The van der Waals surface area contributed by atoms with E-state index in [0.717, 1.165) is 0 Å². The number of nitrogens with zero attached hydrogens (tertiary/aromatic N) is 2. The van der Waals surface area contributed by atoms with Crippen LogP contribution in [0.3, 0.4) is 0 Å². The van der Waals surface area contributed by atoms with Crippen LogP contribution in [0.25, 0.3) is 0 Å². The minimum atomic E-state index is -0.285. The predicted octanol–water partition coefficient (Wildman–Crippen LogP) is 4.14. The Morgan fingerprint density at radius 3 is 2.65 bits per heavy atom. The van der Waals surface area contributed by atoms with E-state index in [1.165, 1.54) is 11.0 Å². The first-order valence-electron chi connectivity index (χ1n) is 5.76. The van der Waals surface area contributed by atoms with Gasteiger partial charge >= 0.3 is 0 Å². The highest BCUT2D eigenvalue weighted by molar-refractivity contribution is 6.36. The molecule has 0 spiro atoms. The van der Waals surface area contributed by atoms with Gasteiger partial charge in [0.1, 0.15) is 0 Å². The monoisotopic (exact) mass is 304 g/mol. The van der Waals surface area contributed by atoms with Gasteiger partial charge in [0.25, 0.3) is 5.91 Å². The van der Waals surface area contributed by atoms with Crippen molar-refractivity contribution in [1.29, 1.82) is 5.26 Å². The Balaban J connectivity index is 2.37. The van der Waals surface area contributed by atoms with Gasteiger partial charge in [0, 0.05) is 17.8 Å². The second-order valence-corrected chi connectivity index (χ2v) is 4.99. The summed E-state index contributed by atoms with van der Waals surface area (Å²) in [6.45, 7) is 0. The molecular formula is C15H10Cl2N2O. The molecule has 1 amide bonds. The Hall–Kier alpha value is -2.02. The zero-order valence-electron chi connectivity index (χ0n) is 10.6. The maximum atomic E-state index is 12.4. The van der Waals surface area contributed by atoms with Crippen LogP contribution in [-0.4, -0.2) is 13.0 Å². The van der Waals surface area contributed by atoms with Gasteiger partial charge < -0.3 is 4.90 Å². The van der Waals surface area contributed by atoms with Gasteiger partial charge in [-0.05, 0) is 36.4 Å². The summed E-state index contributed by atoms with van der Waals surface area (Å²) in [6.07, 6.45) is 0. The highest BCUT2D eigenvalue weighted by Gasteiger charge is 2.17. The van der Waals surface area contributed by atoms with E-state index < -0.39 is 0 Å². The number of carbonyl (C=O) groups excluding carboxylic acids is 1. The summed E-state index contributed by atoms with van der Waals surface area (Å²) >= 11 is 11.9. The summed E-state index contributed by atoms with van der Waals surface area (Å²) in [4.78, 5) is 13.8. The normalized spacial score (nSPS) is 9.90. The van der Waals surface area contributed by atoms with Gasteiger partial charge in [0.15, 0.2) is 0 Å². The molecule has 0 bridgehead atoms. The molecule has 0 aromatic heterocycles. The smallest absolute Gasteiger partial charge is 0.259 e. The lowest BCUT2D eigenvalue weighted by Gasteiger charge is -2.18. The lowest BCUT2D eigenvalue weighted by atomic mass is 10.1. The van der Waals surface area contributed by atoms with Crippen molar-refractivity contribution in [3.8, 4) is 6.07 Å². The number of amides is 1. The van der Waals surface area contributed by atoms with Gasteiger partial charge in [-0.2, -0.15) is 5.26 Å². The zero-order chi connectivity index (χ0) is 14.7. The molecule has 20 heavy (non-hydrogen) atoms. The molecule has 0 N–H and O–H groups in total. The number of halogens is 2. The van der Waals surface area contributed by atoms with Crippen molar-refractivity contribution >= 4 is 34.8 Å². The molecule has 2 aromatic rings. The van der Waals surface area contributed by atoms with E-state index in [-0.39, 0.29) is 5.91 Å². The summed E-state index contributed by atoms with van der Waals surface area (Å²) < 4.78 is 0. The van der Waals surface area contributed by atoms with Crippen LogP contribution in [0.4, 0.5) is 5.69 Å². The topological polar surface area (TPSA) is 44.1 Å². The standard InChI is InChI=1S/C15H10Cl2N2O/c1-19(12-4-2-3-10(7-12)9-18)15(20)13-8-11(16)5-6-14(13)17/h2-8H,1H3. The molecule has 2 aromatic carbocycles. The molecule has 0 unspecified atom stereocenters. The molecule has 3 nitrogen and oxygen atoms in total. The molecule has 0 radical (unpaired) electrons. The van der Waals surface area contributed by atoms with Gasteiger partial charge in [-0.3, -0.25) is 4.79 Å². The molecule has 0 atom stereocenters. The molecule has 2 rings (SSSR count). The number of hydrogen-bond donors (Lipinski definition) is 0. The minimum absolute atomic E-state index is 0.285. The number of nitriles is 1. The lowest BCUT2D eigenvalue weighted by molar-refractivity contribution is 0.0993.